The van der Waals surface area contributed by atoms with Gasteiger partial charge in [0.05, 0.1) is 18.6 Å². The van der Waals surface area contributed by atoms with Crippen molar-refractivity contribution in [3.8, 4) is 0 Å². The molecule has 0 heterocycles. The predicted octanol–water partition coefficient (Wildman–Crippen LogP) is 4.42. The minimum Gasteiger partial charge on any atom is -0.393 e. The summed E-state index contributed by atoms with van der Waals surface area (Å²) in [7, 11) is 0. The number of carbonyl (C=O) groups is 1. The molecule has 0 aliphatic heterocycles. The third-order valence-corrected chi connectivity index (χ3v) is 8.53. The van der Waals surface area contributed by atoms with Gasteiger partial charge in [0, 0.05) is 6.54 Å². The Morgan fingerprint density at radius 1 is 1.21 bits per heavy atom. The fraction of sp³-hybridized carbons (Fsp3) is 0.808. The number of carbonyl (C=O) groups excluding carboxylic acids is 1. The van der Waals surface area contributed by atoms with E-state index < -0.39 is 36.3 Å². The Morgan fingerprint density at radius 3 is 2.47 bits per heavy atom. The molecule has 0 spiro atoms. The van der Waals surface area contributed by atoms with Gasteiger partial charge in [0.2, 0.25) is 5.91 Å². The van der Waals surface area contributed by atoms with Crippen molar-refractivity contribution in [1.29, 1.82) is 0 Å². The number of alkyl halides is 3. The average molecular weight is 488 g/mol. The van der Waals surface area contributed by atoms with Crippen LogP contribution in [0.4, 0.5) is 13.2 Å². The summed E-state index contributed by atoms with van der Waals surface area (Å²) in [5, 5.41) is 32.1. The molecule has 5 nitrogen and oxygen atoms in total. The van der Waals surface area contributed by atoms with E-state index in [4.69, 9.17) is 0 Å². The number of aliphatic hydroxyl groups is 3. The quantitative estimate of drug-likeness (QED) is 0.447. The molecule has 0 aromatic heterocycles. The molecule has 3 aliphatic rings. The van der Waals surface area contributed by atoms with E-state index in [1.54, 1.807) is 0 Å². The fourth-order valence-electron chi connectivity index (χ4n) is 6.64. The van der Waals surface area contributed by atoms with E-state index in [0.717, 1.165) is 37.7 Å². The summed E-state index contributed by atoms with van der Waals surface area (Å²) in [4.78, 5) is 12.1. The van der Waals surface area contributed by atoms with Crippen LogP contribution in [0.3, 0.4) is 0 Å². The molecule has 1 unspecified atom stereocenters. The minimum atomic E-state index is -4.85. The molecule has 3 aliphatic carbocycles. The molecule has 194 valence electrons. The standard InChI is InChI=1S/C26H40F3NO4/c1-16(15-30-23(33)14-25(3,34)26(27,28)29)21-8-9-22-18(5-4-10-24(21,22)2)7-6-17-11-19(31)13-20(32)12-17/h6-7,16,19-22,31-32,34H,4-5,8-15H2,1-3H3,(H,30,33)/b18-7+/t16-,19-,20-,21-,22?,24-,25+/m1/s1. The third kappa shape index (κ3) is 6.05. The van der Waals surface area contributed by atoms with E-state index in [-0.39, 0.29) is 11.3 Å². The number of amides is 1. The third-order valence-electron chi connectivity index (χ3n) is 8.53. The Labute approximate surface area is 200 Å². The van der Waals surface area contributed by atoms with E-state index in [0.29, 0.717) is 44.6 Å². The van der Waals surface area contributed by atoms with Crippen LogP contribution in [0.2, 0.25) is 0 Å². The van der Waals surface area contributed by atoms with E-state index in [2.05, 4.69) is 24.4 Å². The number of rotatable bonds is 6. The van der Waals surface area contributed by atoms with Crippen LogP contribution in [-0.2, 0) is 4.79 Å². The Kier molecular flexibility index (Phi) is 8.25. The van der Waals surface area contributed by atoms with Crippen molar-refractivity contribution in [3.63, 3.8) is 0 Å². The van der Waals surface area contributed by atoms with Gasteiger partial charge in [-0.15, -0.1) is 0 Å². The van der Waals surface area contributed by atoms with Gasteiger partial charge in [0.1, 0.15) is 0 Å². The van der Waals surface area contributed by atoms with E-state index in [9.17, 15) is 33.3 Å². The molecule has 8 heteroatoms. The first kappa shape index (κ1) is 27.2. The maximum atomic E-state index is 12.9. The molecular weight excluding hydrogens is 447 g/mol. The molecule has 3 saturated carbocycles. The monoisotopic (exact) mass is 487 g/mol. The summed E-state index contributed by atoms with van der Waals surface area (Å²) in [6.45, 7) is 5.26. The lowest BCUT2D eigenvalue weighted by Gasteiger charge is -2.44. The number of halogens is 3. The van der Waals surface area contributed by atoms with Crippen molar-refractivity contribution in [2.24, 2.45) is 23.2 Å². The van der Waals surface area contributed by atoms with Crippen LogP contribution in [0.15, 0.2) is 23.3 Å². The first-order chi connectivity index (χ1) is 15.7. The summed E-state index contributed by atoms with van der Waals surface area (Å²) in [5.74, 6) is 0.0824. The zero-order valence-electron chi connectivity index (χ0n) is 20.5. The number of hydrogen-bond acceptors (Lipinski definition) is 4. The largest absolute Gasteiger partial charge is 0.417 e. The average Bonchev–Trinajstić information content (AvgIpc) is 3.06. The van der Waals surface area contributed by atoms with Gasteiger partial charge in [-0.05, 0) is 81.5 Å². The van der Waals surface area contributed by atoms with Gasteiger partial charge in [-0.1, -0.05) is 37.1 Å². The number of allylic oxidation sites excluding steroid dienone is 3. The van der Waals surface area contributed by atoms with E-state index >= 15 is 0 Å². The minimum absolute atomic E-state index is 0.0653. The molecule has 34 heavy (non-hydrogen) atoms. The summed E-state index contributed by atoms with van der Waals surface area (Å²) < 4.78 is 38.6. The van der Waals surface area contributed by atoms with Crippen LogP contribution in [0.25, 0.3) is 0 Å². The molecule has 0 saturated heterocycles. The summed E-state index contributed by atoms with van der Waals surface area (Å²) in [5.41, 5.74) is -0.495. The smallest absolute Gasteiger partial charge is 0.393 e. The Bertz CT molecular complexity index is 794. The lowest BCUT2D eigenvalue weighted by atomic mass is 9.61. The van der Waals surface area contributed by atoms with Gasteiger partial charge in [-0.25, -0.2) is 0 Å². The van der Waals surface area contributed by atoms with Gasteiger partial charge in [0.25, 0.3) is 0 Å². The highest BCUT2D eigenvalue weighted by molar-refractivity contribution is 5.77. The lowest BCUT2D eigenvalue weighted by molar-refractivity contribution is -0.253. The maximum Gasteiger partial charge on any atom is 0.417 e. The summed E-state index contributed by atoms with van der Waals surface area (Å²) in [6.07, 6.45) is 4.29. The number of nitrogens with one attached hydrogen (secondary N) is 1. The van der Waals surface area contributed by atoms with Crippen LogP contribution in [-0.4, -0.2) is 51.8 Å². The van der Waals surface area contributed by atoms with Crippen molar-refractivity contribution in [3.05, 3.63) is 23.3 Å². The molecule has 3 fully saturated rings. The maximum absolute atomic E-state index is 12.9. The van der Waals surface area contributed by atoms with Crippen molar-refractivity contribution in [1.82, 2.24) is 5.32 Å². The van der Waals surface area contributed by atoms with Crippen LogP contribution in [0.1, 0.15) is 78.6 Å². The molecule has 3 rings (SSSR count). The molecule has 0 bridgehead atoms. The molecule has 0 radical (unpaired) electrons. The number of aliphatic hydroxyl groups excluding tert-OH is 2. The molecule has 7 atom stereocenters. The van der Waals surface area contributed by atoms with Gasteiger partial charge in [-0.3, -0.25) is 4.79 Å². The second-order valence-corrected chi connectivity index (χ2v) is 11.3. The zero-order chi connectivity index (χ0) is 25.3. The first-order valence-electron chi connectivity index (χ1n) is 12.5. The Hall–Kier alpha value is -1.38. The van der Waals surface area contributed by atoms with Crippen molar-refractivity contribution < 1.29 is 33.3 Å². The highest BCUT2D eigenvalue weighted by Gasteiger charge is 2.52. The van der Waals surface area contributed by atoms with Gasteiger partial charge in [0.15, 0.2) is 5.60 Å². The van der Waals surface area contributed by atoms with E-state index in [1.807, 2.05) is 6.92 Å². The second kappa shape index (κ2) is 10.3. The van der Waals surface area contributed by atoms with E-state index in [1.165, 1.54) is 5.57 Å². The molecule has 1 amide bonds. The van der Waals surface area contributed by atoms with Crippen LogP contribution in [0.5, 0.6) is 0 Å². The highest BCUT2D eigenvalue weighted by Crippen LogP contribution is 2.59. The summed E-state index contributed by atoms with van der Waals surface area (Å²) >= 11 is 0. The number of hydrogen-bond donors (Lipinski definition) is 4. The van der Waals surface area contributed by atoms with Crippen molar-refractivity contribution in [2.75, 3.05) is 6.54 Å². The van der Waals surface area contributed by atoms with Crippen LogP contribution in [0, 0.1) is 23.2 Å². The van der Waals surface area contributed by atoms with Gasteiger partial charge in [-0.2, -0.15) is 13.2 Å². The molecular formula is C26H40F3NO4. The SMILES string of the molecule is C[C@H](CNC(=O)C[C@](C)(O)C(F)(F)F)[C@H]1CCC2/C(=C/C=C3C[C@@H](O)C[C@H](O)C3)CCC[C@@]21C. The van der Waals surface area contributed by atoms with Gasteiger partial charge >= 0.3 is 6.18 Å². The molecule has 0 aromatic carbocycles. The Morgan fingerprint density at radius 2 is 1.85 bits per heavy atom. The first-order valence-corrected chi connectivity index (χ1v) is 12.5. The zero-order valence-corrected chi connectivity index (χ0v) is 20.5. The fourth-order valence-corrected chi connectivity index (χ4v) is 6.64. The lowest BCUT2D eigenvalue weighted by Crippen LogP contribution is -2.47. The van der Waals surface area contributed by atoms with Gasteiger partial charge < -0.3 is 20.6 Å². The predicted molar refractivity (Wildman–Crippen MR) is 124 cm³/mol. The van der Waals surface area contributed by atoms with Crippen molar-refractivity contribution >= 4 is 5.91 Å². The van der Waals surface area contributed by atoms with Crippen LogP contribution < -0.4 is 5.32 Å². The summed E-state index contributed by atoms with van der Waals surface area (Å²) in [6, 6.07) is 0. The number of fused-ring (bicyclic) bond motifs is 1. The van der Waals surface area contributed by atoms with Crippen LogP contribution >= 0.6 is 0 Å². The topological polar surface area (TPSA) is 89.8 Å². The second-order valence-electron chi connectivity index (χ2n) is 11.3. The normalized spacial score (nSPS) is 36.0. The molecule has 4 N–H and O–H groups in total. The highest BCUT2D eigenvalue weighted by atomic mass is 19.4. The molecule has 0 aromatic rings. The van der Waals surface area contributed by atoms with Crippen molar-refractivity contribution in [2.45, 2.75) is 103 Å². The Balaban J connectivity index is 1.62.